The van der Waals surface area contributed by atoms with Gasteiger partial charge in [0, 0.05) is 15.5 Å². The lowest BCUT2D eigenvalue weighted by molar-refractivity contribution is 0.0803. The Kier molecular flexibility index (Phi) is 7.29. The van der Waals surface area contributed by atoms with E-state index in [0.717, 1.165) is 27.1 Å². The minimum Gasteiger partial charge on any atom is -0.463 e. The summed E-state index contributed by atoms with van der Waals surface area (Å²) < 4.78 is 30.7. The summed E-state index contributed by atoms with van der Waals surface area (Å²) in [6, 6.07) is 23.1. The van der Waals surface area contributed by atoms with Crippen molar-refractivity contribution in [2.24, 2.45) is 0 Å². The van der Waals surface area contributed by atoms with Gasteiger partial charge in [0.05, 0.1) is 13.2 Å². The quantitative estimate of drug-likeness (QED) is 0.344. The fourth-order valence-corrected chi connectivity index (χ4v) is 3.40. The highest BCUT2D eigenvalue weighted by Crippen LogP contribution is 2.34. The number of hydrogen-bond donors (Lipinski definition) is 0. The van der Waals surface area contributed by atoms with E-state index in [4.69, 9.17) is 14.2 Å². The molecule has 0 heterocycles. The van der Waals surface area contributed by atoms with Crippen LogP contribution in [0, 0.1) is 0 Å². The molecule has 0 fully saturated rings. The summed E-state index contributed by atoms with van der Waals surface area (Å²) in [7, 11) is 0. The van der Waals surface area contributed by atoms with E-state index in [2.05, 4.69) is 29.8 Å². The first kappa shape index (κ1) is 21.3. The largest absolute Gasteiger partial charge is 0.463 e. The second kappa shape index (κ2) is 9.90. The minimum atomic E-state index is -0.866. The molecular weight excluding hydrogens is 435 g/mol. The van der Waals surface area contributed by atoms with Crippen LogP contribution in [0.1, 0.15) is 25.0 Å². The van der Waals surface area contributed by atoms with Crippen LogP contribution >= 0.6 is 15.9 Å². The summed E-state index contributed by atoms with van der Waals surface area (Å²) in [5.74, 6) is 2.08. The molecule has 0 saturated heterocycles. The molecule has 0 aromatic heterocycles. The molecule has 0 N–H and O–H groups in total. The van der Waals surface area contributed by atoms with Crippen LogP contribution in [0.15, 0.2) is 77.3 Å². The first-order chi connectivity index (χ1) is 14.0. The number of benzene rings is 3. The van der Waals surface area contributed by atoms with Crippen molar-refractivity contribution >= 4 is 15.9 Å². The van der Waals surface area contributed by atoms with Gasteiger partial charge in [-0.2, -0.15) is 0 Å². The Morgan fingerprint density at radius 1 is 0.897 bits per heavy atom. The maximum Gasteiger partial charge on any atom is 0.228 e. The standard InChI is InChI=1S/C24H24BrFO3/c1-24(2,22-12-11-19(25)14-23(22)28-17-26)16-27-15-18-7-6-10-21(13-18)29-20-8-4-3-5-9-20/h3-14H,15-17H2,1-2H3. The Morgan fingerprint density at radius 2 is 1.66 bits per heavy atom. The molecule has 0 aliphatic heterocycles. The van der Waals surface area contributed by atoms with E-state index in [0.29, 0.717) is 19.0 Å². The third-order valence-corrected chi connectivity index (χ3v) is 4.99. The van der Waals surface area contributed by atoms with Crippen molar-refractivity contribution in [3.05, 3.63) is 88.4 Å². The van der Waals surface area contributed by atoms with E-state index in [1.807, 2.05) is 66.7 Å². The first-order valence-electron chi connectivity index (χ1n) is 9.36. The Labute approximate surface area is 179 Å². The fraction of sp³-hybridized carbons (Fsp3) is 0.250. The lowest BCUT2D eigenvalue weighted by atomic mass is 9.85. The van der Waals surface area contributed by atoms with E-state index in [-0.39, 0.29) is 5.41 Å². The summed E-state index contributed by atoms with van der Waals surface area (Å²) in [5, 5.41) is 0. The molecule has 0 amide bonds. The van der Waals surface area contributed by atoms with Crippen LogP contribution in [-0.2, 0) is 16.8 Å². The van der Waals surface area contributed by atoms with Gasteiger partial charge in [-0.05, 0) is 42.0 Å². The number of alkyl halides is 1. The molecule has 152 valence electrons. The van der Waals surface area contributed by atoms with Gasteiger partial charge in [0.1, 0.15) is 17.2 Å². The van der Waals surface area contributed by atoms with Crippen molar-refractivity contribution in [1.29, 1.82) is 0 Å². The van der Waals surface area contributed by atoms with Gasteiger partial charge in [-0.3, -0.25) is 0 Å². The predicted octanol–water partition coefficient (Wildman–Crippen LogP) is 7.04. The highest BCUT2D eigenvalue weighted by molar-refractivity contribution is 9.10. The first-order valence-corrected chi connectivity index (χ1v) is 10.2. The third kappa shape index (κ3) is 6.05. The topological polar surface area (TPSA) is 27.7 Å². The second-order valence-electron chi connectivity index (χ2n) is 7.33. The SMILES string of the molecule is CC(C)(COCc1cccc(Oc2ccccc2)c1)c1ccc(Br)cc1OCF. The van der Waals surface area contributed by atoms with Crippen molar-refractivity contribution < 1.29 is 18.6 Å². The summed E-state index contributed by atoms with van der Waals surface area (Å²) in [6.45, 7) is 4.15. The van der Waals surface area contributed by atoms with Gasteiger partial charge < -0.3 is 14.2 Å². The van der Waals surface area contributed by atoms with Gasteiger partial charge in [-0.15, -0.1) is 0 Å². The Hall–Kier alpha value is -2.37. The normalized spacial score (nSPS) is 11.3. The molecule has 0 aliphatic rings. The molecule has 0 atom stereocenters. The molecule has 0 bridgehead atoms. The van der Waals surface area contributed by atoms with E-state index in [1.165, 1.54) is 0 Å². The number of hydrogen-bond acceptors (Lipinski definition) is 3. The van der Waals surface area contributed by atoms with Crippen molar-refractivity contribution in [1.82, 2.24) is 0 Å². The van der Waals surface area contributed by atoms with Crippen LogP contribution < -0.4 is 9.47 Å². The zero-order valence-electron chi connectivity index (χ0n) is 16.5. The van der Waals surface area contributed by atoms with Gasteiger partial charge in [-0.1, -0.05) is 66.2 Å². The molecule has 3 rings (SSSR count). The van der Waals surface area contributed by atoms with Crippen molar-refractivity contribution in [2.45, 2.75) is 25.9 Å². The van der Waals surface area contributed by atoms with Crippen LogP contribution in [0.5, 0.6) is 17.2 Å². The number of ether oxygens (including phenoxy) is 3. The average molecular weight is 459 g/mol. The molecule has 0 aliphatic carbocycles. The van der Waals surface area contributed by atoms with Crippen LogP contribution in [0.2, 0.25) is 0 Å². The van der Waals surface area contributed by atoms with Crippen LogP contribution in [0.3, 0.4) is 0 Å². The van der Waals surface area contributed by atoms with Gasteiger partial charge in [-0.25, -0.2) is 4.39 Å². The van der Waals surface area contributed by atoms with Gasteiger partial charge in [0.15, 0.2) is 0 Å². The lowest BCUT2D eigenvalue weighted by Gasteiger charge is -2.27. The van der Waals surface area contributed by atoms with Crippen LogP contribution in [0.4, 0.5) is 4.39 Å². The molecule has 0 unspecified atom stereocenters. The molecule has 3 aromatic carbocycles. The van der Waals surface area contributed by atoms with E-state index < -0.39 is 6.86 Å². The summed E-state index contributed by atoms with van der Waals surface area (Å²) in [5.41, 5.74) is 1.58. The number of para-hydroxylation sites is 1. The third-order valence-electron chi connectivity index (χ3n) is 4.49. The molecule has 3 aromatic rings. The Balaban J connectivity index is 1.63. The molecule has 0 saturated carbocycles. The van der Waals surface area contributed by atoms with Gasteiger partial charge in [0.25, 0.3) is 0 Å². The molecule has 0 radical (unpaired) electrons. The van der Waals surface area contributed by atoms with Crippen molar-refractivity contribution in [2.75, 3.05) is 13.5 Å². The summed E-state index contributed by atoms with van der Waals surface area (Å²) in [6.07, 6.45) is 0. The number of halogens is 2. The minimum absolute atomic E-state index is 0.344. The fourth-order valence-electron chi connectivity index (χ4n) is 3.06. The van der Waals surface area contributed by atoms with Crippen molar-refractivity contribution in [3.8, 4) is 17.2 Å². The van der Waals surface area contributed by atoms with E-state index >= 15 is 0 Å². The van der Waals surface area contributed by atoms with Crippen LogP contribution in [-0.4, -0.2) is 13.5 Å². The smallest absolute Gasteiger partial charge is 0.228 e. The average Bonchev–Trinajstić information content (AvgIpc) is 2.69. The monoisotopic (exact) mass is 458 g/mol. The Morgan fingerprint density at radius 3 is 2.41 bits per heavy atom. The van der Waals surface area contributed by atoms with E-state index in [9.17, 15) is 4.39 Å². The molecular formula is C24H24BrFO3. The van der Waals surface area contributed by atoms with Gasteiger partial charge in [0.2, 0.25) is 6.86 Å². The molecule has 0 spiro atoms. The molecule has 3 nitrogen and oxygen atoms in total. The van der Waals surface area contributed by atoms with Crippen molar-refractivity contribution in [3.63, 3.8) is 0 Å². The highest BCUT2D eigenvalue weighted by atomic mass is 79.9. The predicted molar refractivity (Wildman–Crippen MR) is 116 cm³/mol. The molecule has 29 heavy (non-hydrogen) atoms. The highest BCUT2D eigenvalue weighted by Gasteiger charge is 2.25. The van der Waals surface area contributed by atoms with E-state index in [1.54, 1.807) is 6.07 Å². The molecule has 5 heteroatoms. The van der Waals surface area contributed by atoms with Gasteiger partial charge >= 0.3 is 0 Å². The maximum absolute atomic E-state index is 12.8. The zero-order valence-corrected chi connectivity index (χ0v) is 18.1. The zero-order chi connectivity index (χ0) is 20.7. The maximum atomic E-state index is 12.8. The summed E-state index contributed by atoms with van der Waals surface area (Å²) >= 11 is 3.40. The second-order valence-corrected chi connectivity index (χ2v) is 8.25. The number of rotatable bonds is 9. The summed E-state index contributed by atoms with van der Waals surface area (Å²) in [4.78, 5) is 0. The Bertz CT molecular complexity index is 928. The lowest BCUT2D eigenvalue weighted by Crippen LogP contribution is -2.25. The van der Waals surface area contributed by atoms with Crippen LogP contribution in [0.25, 0.3) is 0 Å².